The molecule has 0 bridgehead atoms. The largest absolute Gasteiger partial charge is 0.352 e. The number of carbonyl (C=O) groups excluding carboxylic acids is 2. The van der Waals surface area contributed by atoms with Gasteiger partial charge in [0.05, 0.1) is 0 Å². The van der Waals surface area contributed by atoms with Crippen molar-refractivity contribution in [1.82, 2.24) is 10.2 Å². The van der Waals surface area contributed by atoms with E-state index >= 15 is 0 Å². The first kappa shape index (κ1) is 17.2. The van der Waals surface area contributed by atoms with E-state index in [1.165, 1.54) is 0 Å². The lowest BCUT2D eigenvalue weighted by Gasteiger charge is -2.10. The number of aryl methyl sites for hydroxylation is 2. The van der Waals surface area contributed by atoms with Gasteiger partial charge in [-0.05, 0) is 38.8 Å². The van der Waals surface area contributed by atoms with Gasteiger partial charge < -0.3 is 10.2 Å². The summed E-state index contributed by atoms with van der Waals surface area (Å²) >= 11 is 0. The molecule has 0 saturated carbocycles. The molecule has 0 fully saturated rings. The zero-order valence-corrected chi connectivity index (χ0v) is 13.5. The molecular formula is C17H26N2O2. The Morgan fingerprint density at radius 2 is 1.62 bits per heavy atom. The second-order valence-corrected chi connectivity index (χ2v) is 5.73. The summed E-state index contributed by atoms with van der Waals surface area (Å²) in [4.78, 5) is 25.0. The fourth-order valence-electron chi connectivity index (χ4n) is 2.21. The van der Waals surface area contributed by atoms with E-state index in [-0.39, 0.29) is 11.8 Å². The van der Waals surface area contributed by atoms with Crippen molar-refractivity contribution in [1.29, 1.82) is 0 Å². The predicted molar refractivity (Wildman–Crippen MR) is 85.4 cm³/mol. The van der Waals surface area contributed by atoms with Crippen molar-refractivity contribution in [2.75, 3.05) is 20.6 Å². The van der Waals surface area contributed by atoms with Crippen molar-refractivity contribution in [2.24, 2.45) is 0 Å². The first-order valence-corrected chi connectivity index (χ1v) is 7.47. The van der Waals surface area contributed by atoms with E-state index in [9.17, 15) is 9.59 Å². The maximum atomic E-state index is 12.0. The van der Waals surface area contributed by atoms with E-state index in [2.05, 4.69) is 11.4 Å². The number of hydrogen-bond acceptors (Lipinski definition) is 2. The van der Waals surface area contributed by atoms with Gasteiger partial charge >= 0.3 is 0 Å². The first-order chi connectivity index (χ1) is 9.90. The third kappa shape index (κ3) is 6.43. The minimum absolute atomic E-state index is 0.0221. The molecular weight excluding hydrogens is 264 g/mol. The van der Waals surface area contributed by atoms with Crippen molar-refractivity contribution in [3.63, 3.8) is 0 Å². The molecule has 4 heteroatoms. The third-order valence-electron chi connectivity index (χ3n) is 3.34. The van der Waals surface area contributed by atoms with Gasteiger partial charge in [-0.15, -0.1) is 0 Å². The van der Waals surface area contributed by atoms with Crippen LogP contribution in [-0.4, -0.2) is 37.4 Å². The van der Waals surface area contributed by atoms with Gasteiger partial charge in [-0.1, -0.05) is 23.6 Å². The molecule has 0 spiro atoms. The van der Waals surface area contributed by atoms with Crippen LogP contribution < -0.4 is 5.32 Å². The zero-order chi connectivity index (χ0) is 15.8. The summed E-state index contributed by atoms with van der Waals surface area (Å²) in [6.07, 6.45) is 3.30. The van der Waals surface area contributed by atoms with Crippen molar-refractivity contribution in [3.05, 3.63) is 34.9 Å². The molecule has 2 amide bonds. The first-order valence-electron chi connectivity index (χ1n) is 7.47. The van der Waals surface area contributed by atoms with E-state index in [1.807, 2.05) is 26.0 Å². The predicted octanol–water partition coefficient (Wildman–Crippen LogP) is 2.68. The molecule has 4 nitrogen and oxygen atoms in total. The Hall–Kier alpha value is -1.84. The van der Waals surface area contributed by atoms with Gasteiger partial charge in [-0.3, -0.25) is 9.59 Å². The van der Waals surface area contributed by atoms with Crippen LogP contribution in [0.15, 0.2) is 18.2 Å². The van der Waals surface area contributed by atoms with Crippen LogP contribution in [0.25, 0.3) is 0 Å². The molecule has 116 valence electrons. The molecule has 0 atom stereocenters. The Labute approximate surface area is 127 Å². The number of nitrogens with zero attached hydrogens (tertiary/aromatic N) is 1. The Kier molecular flexibility index (Phi) is 6.92. The number of amides is 2. The molecule has 0 aromatic heterocycles. The van der Waals surface area contributed by atoms with E-state index in [0.29, 0.717) is 13.0 Å². The van der Waals surface area contributed by atoms with Gasteiger partial charge in [0.1, 0.15) is 0 Å². The monoisotopic (exact) mass is 290 g/mol. The van der Waals surface area contributed by atoms with Gasteiger partial charge in [0.25, 0.3) is 5.91 Å². The topological polar surface area (TPSA) is 49.4 Å². The van der Waals surface area contributed by atoms with Crippen LogP contribution in [0.5, 0.6) is 0 Å². The molecule has 1 aromatic rings. The maximum Gasteiger partial charge on any atom is 0.251 e. The van der Waals surface area contributed by atoms with E-state index in [4.69, 9.17) is 0 Å². The highest BCUT2D eigenvalue weighted by molar-refractivity contribution is 5.94. The highest BCUT2D eigenvalue weighted by Crippen LogP contribution is 2.09. The molecule has 0 aliphatic rings. The van der Waals surface area contributed by atoms with Crippen LogP contribution in [0.3, 0.4) is 0 Å². The van der Waals surface area contributed by atoms with Crippen molar-refractivity contribution < 1.29 is 9.59 Å². The molecule has 0 heterocycles. The zero-order valence-electron chi connectivity index (χ0n) is 13.5. The number of hydrogen-bond donors (Lipinski definition) is 1. The van der Waals surface area contributed by atoms with Crippen LogP contribution >= 0.6 is 0 Å². The summed E-state index contributed by atoms with van der Waals surface area (Å²) < 4.78 is 0. The Balaban J connectivity index is 2.23. The lowest BCUT2D eigenvalue weighted by molar-refractivity contribution is -0.128. The second-order valence-electron chi connectivity index (χ2n) is 5.73. The standard InChI is InChI=1S/C17H26N2O2/c1-13-10-14(2)12-15(11-13)17(21)18-9-7-5-6-8-16(20)19(3)4/h10-12H,5-9H2,1-4H3,(H,18,21). The summed E-state index contributed by atoms with van der Waals surface area (Å²) in [6, 6.07) is 5.86. The summed E-state index contributed by atoms with van der Waals surface area (Å²) in [6.45, 7) is 4.64. The Morgan fingerprint density at radius 3 is 2.19 bits per heavy atom. The van der Waals surface area contributed by atoms with E-state index in [0.717, 1.165) is 36.0 Å². The number of nitrogens with one attached hydrogen (secondary N) is 1. The average Bonchev–Trinajstić information content (AvgIpc) is 2.40. The highest BCUT2D eigenvalue weighted by Gasteiger charge is 2.06. The summed E-state index contributed by atoms with van der Waals surface area (Å²) in [5.41, 5.74) is 2.92. The lowest BCUT2D eigenvalue weighted by Crippen LogP contribution is -2.24. The molecule has 1 N–H and O–H groups in total. The average molecular weight is 290 g/mol. The summed E-state index contributed by atoms with van der Waals surface area (Å²) in [5.74, 6) is 0.139. The SMILES string of the molecule is Cc1cc(C)cc(C(=O)NCCCCCC(=O)N(C)C)c1. The van der Waals surface area contributed by atoms with Gasteiger partial charge in [0.15, 0.2) is 0 Å². The Morgan fingerprint density at radius 1 is 1.00 bits per heavy atom. The normalized spacial score (nSPS) is 10.3. The number of rotatable bonds is 7. The summed E-state index contributed by atoms with van der Waals surface area (Å²) in [7, 11) is 3.54. The molecule has 21 heavy (non-hydrogen) atoms. The number of carbonyl (C=O) groups is 2. The molecule has 0 aliphatic carbocycles. The minimum atomic E-state index is -0.0221. The number of benzene rings is 1. The molecule has 0 saturated heterocycles. The van der Waals surface area contributed by atoms with Crippen LogP contribution in [0.2, 0.25) is 0 Å². The quantitative estimate of drug-likeness (QED) is 0.785. The third-order valence-corrected chi connectivity index (χ3v) is 3.34. The molecule has 0 unspecified atom stereocenters. The van der Waals surface area contributed by atoms with Crippen LogP contribution in [0.1, 0.15) is 47.2 Å². The fraction of sp³-hybridized carbons (Fsp3) is 0.529. The minimum Gasteiger partial charge on any atom is -0.352 e. The van der Waals surface area contributed by atoms with Crippen LogP contribution in [0.4, 0.5) is 0 Å². The van der Waals surface area contributed by atoms with Gasteiger partial charge in [0, 0.05) is 32.6 Å². The molecule has 0 aliphatic heterocycles. The summed E-state index contributed by atoms with van der Waals surface area (Å²) in [5, 5.41) is 2.93. The lowest BCUT2D eigenvalue weighted by atomic mass is 10.1. The van der Waals surface area contributed by atoms with Crippen molar-refractivity contribution in [3.8, 4) is 0 Å². The highest BCUT2D eigenvalue weighted by atomic mass is 16.2. The van der Waals surface area contributed by atoms with E-state index < -0.39 is 0 Å². The second kappa shape index (κ2) is 8.45. The van der Waals surface area contributed by atoms with Gasteiger partial charge in [-0.2, -0.15) is 0 Å². The van der Waals surface area contributed by atoms with Crippen LogP contribution in [-0.2, 0) is 4.79 Å². The van der Waals surface area contributed by atoms with Gasteiger partial charge in [0.2, 0.25) is 5.91 Å². The molecule has 1 rings (SSSR count). The van der Waals surface area contributed by atoms with Crippen molar-refractivity contribution in [2.45, 2.75) is 39.5 Å². The smallest absolute Gasteiger partial charge is 0.251 e. The molecule has 0 radical (unpaired) electrons. The molecule has 1 aromatic carbocycles. The van der Waals surface area contributed by atoms with Crippen molar-refractivity contribution >= 4 is 11.8 Å². The van der Waals surface area contributed by atoms with E-state index in [1.54, 1.807) is 19.0 Å². The number of unbranched alkanes of at least 4 members (excludes halogenated alkanes) is 2. The fourth-order valence-corrected chi connectivity index (χ4v) is 2.21. The Bertz CT molecular complexity index is 475. The van der Waals surface area contributed by atoms with Crippen LogP contribution in [0, 0.1) is 13.8 Å². The maximum absolute atomic E-state index is 12.0. The van der Waals surface area contributed by atoms with Gasteiger partial charge in [-0.25, -0.2) is 0 Å².